The molecule has 0 aliphatic carbocycles. The van der Waals surface area contributed by atoms with Gasteiger partial charge in [0, 0.05) is 29.6 Å². The predicted molar refractivity (Wildman–Crippen MR) is 172 cm³/mol. The molecule has 45 heavy (non-hydrogen) atoms. The highest BCUT2D eigenvalue weighted by Crippen LogP contribution is 2.32. The van der Waals surface area contributed by atoms with Crippen LogP contribution < -0.4 is 15.0 Å². The third-order valence-electron chi connectivity index (χ3n) is 7.37. The normalized spacial score (nSPS) is 15.3. The summed E-state index contributed by atoms with van der Waals surface area (Å²) in [5.74, 6) is 1.12. The summed E-state index contributed by atoms with van der Waals surface area (Å²) >= 11 is 1.62. The number of urea groups is 1. The maximum Gasteiger partial charge on any atom is 0.573 e. The number of carbonyl (C=O) groups excluding carboxylic acids is 1. The van der Waals surface area contributed by atoms with Gasteiger partial charge in [0.2, 0.25) is 0 Å². The monoisotopic (exact) mass is 636 g/mol. The molecule has 12 heteroatoms. The Morgan fingerprint density at radius 1 is 1.07 bits per heavy atom. The molecule has 236 valence electrons. The predicted octanol–water partition coefficient (Wildman–Crippen LogP) is 7.79. The van der Waals surface area contributed by atoms with Gasteiger partial charge in [-0.2, -0.15) is 4.99 Å². The van der Waals surface area contributed by atoms with Crippen LogP contribution in [0.25, 0.3) is 17.1 Å². The standard InChI is InChI=1S/C33H35F3N6O2S/c1-21-18-22(2)29(23(3)19-21)41-16-5-17-45-32(41)39-31(43)38-24(4)6-7-25-8-10-26(11-9-25)30-37-20-42(40-30)27-12-14-28(15-13-27)44-33(34,35)36/h8-15,18-20,24H,5-7,16-17H2,1-4H3,(H,38,43). The number of nitrogens with zero attached hydrogens (tertiary/aromatic N) is 5. The van der Waals surface area contributed by atoms with Crippen LogP contribution in [0.2, 0.25) is 0 Å². The molecule has 3 aromatic carbocycles. The molecule has 0 radical (unpaired) electrons. The van der Waals surface area contributed by atoms with Crippen molar-refractivity contribution >= 4 is 28.6 Å². The number of alkyl halides is 3. The van der Waals surface area contributed by atoms with Crippen LogP contribution in [-0.2, 0) is 6.42 Å². The lowest BCUT2D eigenvalue weighted by molar-refractivity contribution is -0.274. The molecule has 1 saturated heterocycles. The molecule has 4 aromatic rings. The largest absolute Gasteiger partial charge is 0.573 e. The second kappa shape index (κ2) is 13.8. The summed E-state index contributed by atoms with van der Waals surface area (Å²) in [5, 5.41) is 8.22. The number of aryl methyl sites for hydroxylation is 4. The first-order valence-corrected chi connectivity index (χ1v) is 15.7. The van der Waals surface area contributed by atoms with Crippen LogP contribution in [0.4, 0.5) is 23.7 Å². The summed E-state index contributed by atoms with van der Waals surface area (Å²) < 4.78 is 42.7. The number of carbonyl (C=O) groups is 1. The van der Waals surface area contributed by atoms with Crippen LogP contribution in [0, 0.1) is 20.8 Å². The second-order valence-corrected chi connectivity index (χ2v) is 12.2. The molecule has 1 unspecified atom stereocenters. The molecule has 0 spiro atoms. The van der Waals surface area contributed by atoms with Crippen LogP contribution in [0.3, 0.4) is 0 Å². The van der Waals surface area contributed by atoms with Gasteiger partial charge >= 0.3 is 12.4 Å². The average molecular weight is 637 g/mol. The van der Waals surface area contributed by atoms with Gasteiger partial charge in [-0.05, 0) is 87.9 Å². The van der Waals surface area contributed by atoms with Gasteiger partial charge in [-0.25, -0.2) is 14.5 Å². The molecule has 1 aliphatic heterocycles. The van der Waals surface area contributed by atoms with Gasteiger partial charge in [-0.3, -0.25) is 0 Å². The lowest BCUT2D eigenvalue weighted by Gasteiger charge is -2.32. The number of aliphatic imine (C=N–C) groups is 1. The average Bonchev–Trinajstić information content (AvgIpc) is 3.47. The van der Waals surface area contributed by atoms with Crippen LogP contribution in [0.5, 0.6) is 5.75 Å². The third kappa shape index (κ3) is 8.44. The number of hydrogen-bond donors (Lipinski definition) is 1. The van der Waals surface area contributed by atoms with Gasteiger partial charge in [0.25, 0.3) is 0 Å². The van der Waals surface area contributed by atoms with Crippen LogP contribution in [0.15, 0.2) is 72.0 Å². The molecule has 5 rings (SSSR count). The number of nitrogens with one attached hydrogen (secondary N) is 1. The summed E-state index contributed by atoms with van der Waals surface area (Å²) in [5.41, 5.74) is 7.17. The Morgan fingerprint density at radius 3 is 2.42 bits per heavy atom. The Hall–Kier alpha value is -4.32. The maximum absolute atomic E-state index is 12.9. The van der Waals surface area contributed by atoms with Crippen molar-refractivity contribution in [3.05, 3.63) is 89.2 Å². The zero-order valence-electron chi connectivity index (χ0n) is 25.6. The summed E-state index contributed by atoms with van der Waals surface area (Å²) in [4.78, 5) is 23.9. The number of amides is 2. The summed E-state index contributed by atoms with van der Waals surface area (Å²) in [6.45, 7) is 9.11. The Bertz CT molecular complexity index is 1650. The van der Waals surface area contributed by atoms with E-state index in [0.717, 1.165) is 53.5 Å². The lowest BCUT2D eigenvalue weighted by atomic mass is 10.0. The minimum atomic E-state index is -4.74. The number of ether oxygens (including phenoxy) is 1. The lowest BCUT2D eigenvalue weighted by Crippen LogP contribution is -2.38. The van der Waals surface area contributed by atoms with Gasteiger partial charge in [0.1, 0.15) is 12.1 Å². The van der Waals surface area contributed by atoms with Crippen molar-refractivity contribution in [3.63, 3.8) is 0 Å². The number of aromatic nitrogens is 3. The van der Waals surface area contributed by atoms with Crippen molar-refractivity contribution in [2.75, 3.05) is 17.2 Å². The molecule has 2 heterocycles. The topological polar surface area (TPSA) is 84.6 Å². The number of rotatable bonds is 8. The molecule has 0 saturated carbocycles. The molecule has 1 aromatic heterocycles. The summed E-state index contributed by atoms with van der Waals surface area (Å²) in [6.07, 6.45) is -0.709. The maximum atomic E-state index is 12.9. The molecular weight excluding hydrogens is 601 g/mol. The van der Waals surface area contributed by atoms with Gasteiger partial charge < -0.3 is 15.0 Å². The molecule has 0 bridgehead atoms. The number of benzene rings is 3. The van der Waals surface area contributed by atoms with Crippen molar-refractivity contribution in [1.29, 1.82) is 0 Å². The smallest absolute Gasteiger partial charge is 0.406 e. The molecular formula is C33H35F3N6O2S. The third-order valence-corrected chi connectivity index (χ3v) is 8.43. The van der Waals surface area contributed by atoms with E-state index in [2.05, 4.69) is 62.9 Å². The second-order valence-electron chi connectivity index (χ2n) is 11.1. The van der Waals surface area contributed by atoms with Crippen molar-refractivity contribution < 1.29 is 22.7 Å². The highest BCUT2D eigenvalue weighted by molar-refractivity contribution is 8.14. The fraction of sp³-hybridized carbons (Fsp3) is 0.333. The SMILES string of the molecule is Cc1cc(C)c(N2CCCSC2=NC(=O)NC(C)CCc2ccc(-c3ncn(-c4ccc(OC(F)(F)F)cc4)n3)cc2)c(C)c1. The Kier molecular flexibility index (Phi) is 9.81. The summed E-state index contributed by atoms with van der Waals surface area (Å²) in [7, 11) is 0. The number of halogens is 3. The van der Waals surface area contributed by atoms with Crippen molar-refractivity contribution in [2.45, 2.75) is 59.4 Å². The van der Waals surface area contributed by atoms with Gasteiger partial charge in [0.15, 0.2) is 11.0 Å². The van der Waals surface area contributed by atoms with E-state index in [4.69, 9.17) is 0 Å². The number of amidine groups is 1. The highest BCUT2D eigenvalue weighted by atomic mass is 32.2. The quantitative estimate of drug-likeness (QED) is 0.213. The van der Waals surface area contributed by atoms with E-state index in [1.54, 1.807) is 11.8 Å². The molecule has 2 amide bonds. The first kappa shape index (κ1) is 32.1. The molecule has 1 N–H and O–H groups in total. The summed E-state index contributed by atoms with van der Waals surface area (Å²) in [6, 6.07) is 17.2. The Balaban J connectivity index is 1.15. The first-order valence-electron chi connectivity index (χ1n) is 14.7. The van der Waals surface area contributed by atoms with E-state index in [-0.39, 0.29) is 17.8 Å². The van der Waals surface area contributed by atoms with Crippen molar-refractivity contribution in [3.8, 4) is 22.8 Å². The van der Waals surface area contributed by atoms with E-state index in [9.17, 15) is 18.0 Å². The molecule has 1 aliphatic rings. The highest BCUT2D eigenvalue weighted by Gasteiger charge is 2.31. The fourth-order valence-electron chi connectivity index (χ4n) is 5.38. The molecule has 8 nitrogen and oxygen atoms in total. The van der Waals surface area contributed by atoms with E-state index in [1.807, 2.05) is 31.2 Å². The first-order chi connectivity index (χ1) is 21.4. The van der Waals surface area contributed by atoms with E-state index in [1.165, 1.54) is 52.0 Å². The van der Waals surface area contributed by atoms with Crippen molar-refractivity contribution in [1.82, 2.24) is 20.1 Å². The van der Waals surface area contributed by atoms with Crippen LogP contribution in [-0.4, -0.2) is 50.7 Å². The van der Waals surface area contributed by atoms with Gasteiger partial charge in [0.05, 0.1) is 5.69 Å². The van der Waals surface area contributed by atoms with Crippen molar-refractivity contribution in [2.24, 2.45) is 4.99 Å². The number of thioether (sulfide) groups is 1. The minimum absolute atomic E-state index is 0.0725. The van der Waals surface area contributed by atoms with Gasteiger partial charge in [-0.1, -0.05) is 53.7 Å². The van der Waals surface area contributed by atoms with E-state index in [0.29, 0.717) is 11.5 Å². The molecule has 1 fully saturated rings. The number of hydrogen-bond acceptors (Lipinski definition) is 5. The zero-order valence-corrected chi connectivity index (χ0v) is 26.4. The van der Waals surface area contributed by atoms with Crippen LogP contribution >= 0.6 is 11.8 Å². The van der Waals surface area contributed by atoms with E-state index >= 15 is 0 Å². The molecule has 1 atom stereocenters. The number of anilines is 1. The van der Waals surface area contributed by atoms with Crippen LogP contribution in [0.1, 0.15) is 42.0 Å². The Morgan fingerprint density at radius 2 is 1.76 bits per heavy atom. The minimum Gasteiger partial charge on any atom is -0.406 e. The fourth-order valence-corrected chi connectivity index (χ4v) is 6.33. The van der Waals surface area contributed by atoms with E-state index < -0.39 is 6.36 Å². The van der Waals surface area contributed by atoms with Gasteiger partial charge in [-0.15, -0.1) is 18.3 Å². The Labute approximate surface area is 264 Å². The zero-order chi connectivity index (χ0) is 32.1.